The highest BCUT2D eigenvalue weighted by atomic mass is 79.9. The summed E-state index contributed by atoms with van der Waals surface area (Å²) in [4.78, 5) is 0.282. The highest BCUT2D eigenvalue weighted by Gasteiger charge is 2.19. The first-order valence-electron chi connectivity index (χ1n) is 5.12. The second kappa shape index (κ2) is 7.20. The van der Waals surface area contributed by atoms with Crippen LogP contribution in [-0.4, -0.2) is 28.1 Å². The summed E-state index contributed by atoms with van der Waals surface area (Å²) < 4.78 is 27.8. The van der Waals surface area contributed by atoms with Crippen molar-refractivity contribution in [2.75, 3.05) is 19.6 Å². The van der Waals surface area contributed by atoms with Gasteiger partial charge in [0, 0.05) is 13.1 Å². The van der Waals surface area contributed by atoms with E-state index in [1.54, 1.807) is 6.07 Å². The standard InChI is InChI=1S/C9H14Br2N2O2S2/c1-2-3-12-4-5-13-17(14,15)7-6-8(10)16-9(7)11/h6,12-13H,2-5H2,1H3. The van der Waals surface area contributed by atoms with Crippen LogP contribution in [0, 0.1) is 0 Å². The summed E-state index contributed by atoms with van der Waals surface area (Å²) in [5.41, 5.74) is 0. The second-order valence-corrected chi connectivity index (χ2v) is 8.82. The van der Waals surface area contributed by atoms with Gasteiger partial charge in [0.25, 0.3) is 0 Å². The van der Waals surface area contributed by atoms with Crippen LogP contribution in [0.15, 0.2) is 18.5 Å². The van der Waals surface area contributed by atoms with Crippen LogP contribution in [0.3, 0.4) is 0 Å². The van der Waals surface area contributed by atoms with Crippen molar-refractivity contribution < 1.29 is 8.42 Å². The molecule has 1 heterocycles. The Morgan fingerprint density at radius 3 is 2.53 bits per heavy atom. The molecule has 0 amide bonds. The first kappa shape index (κ1) is 15.6. The summed E-state index contributed by atoms with van der Waals surface area (Å²) in [7, 11) is -3.41. The van der Waals surface area contributed by atoms with Gasteiger partial charge in [-0.1, -0.05) is 6.92 Å². The van der Waals surface area contributed by atoms with Gasteiger partial charge < -0.3 is 5.32 Å². The molecule has 98 valence electrons. The van der Waals surface area contributed by atoms with Crippen LogP contribution in [0.4, 0.5) is 0 Å². The Labute approximate surface area is 122 Å². The van der Waals surface area contributed by atoms with Gasteiger partial charge in [-0.2, -0.15) is 0 Å². The maximum atomic E-state index is 11.9. The van der Waals surface area contributed by atoms with Crippen molar-refractivity contribution >= 4 is 53.2 Å². The summed E-state index contributed by atoms with van der Waals surface area (Å²) in [6, 6.07) is 1.59. The number of nitrogens with one attached hydrogen (secondary N) is 2. The molecule has 1 rings (SSSR count). The van der Waals surface area contributed by atoms with E-state index in [4.69, 9.17) is 0 Å². The van der Waals surface area contributed by atoms with E-state index in [1.807, 2.05) is 0 Å². The summed E-state index contributed by atoms with van der Waals surface area (Å²) in [5, 5.41) is 3.13. The normalized spacial score (nSPS) is 11.9. The molecule has 2 N–H and O–H groups in total. The molecule has 0 saturated carbocycles. The van der Waals surface area contributed by atoms with Gasteiger partial charge >= 0.3 is 0 Å². The lowest BCUT2D eigenvalue weighted by Crippen LogP contribution is -2.32. The first-order valence-corrected chi connectivity index (χ1v) is 9.01. The Bertz CT molecular complexity index is 460. The predicted octanol–water partition coefficient (Wildman–Crippen LogP) is 2.55. The molecule has 0 aliphatic heterocycles. The zero-order valence-electron chi connectivity index (χ0n) is 9.29. The number of halogens is 2. The van der Waals surface area contributed by atoms with Crippen molar-refractivity contribution in [3.8, 4) is 0 Å². The molecule has 0 radical (unpaired) electrons. The van der Waals surface area contributed by atoms with Gasteiger partial charge in [0.2, 0.25) is 10.0 Å². The Morgan fingerprint density at radius 2 is 2.00 bits per heavy atom. The molecule has 0 unspecified atom stereocenters. The number of hydrogen-bond acceptors (Lipinski definition) is 4. The zero-order valence-corrected chi connectivity index (χ0v) is 14.1. The summed E-state index contributed by atoms with van der Waals surface area (Å²) in [5.74, 6) is 0. The molecule has 8 heteroatoms. The van der Waals surface area contributed by atoms with E-state index in [0.29, 0.717) is 16.9 Å². The van der Waals surface area contributed by atoms with E-state index in [2.05, 4.69) is 48.8 Å². The molecule has 0 aromatic carbocycles. The van der Waals surface area contributed by atoms with Gasteiger partial charge in [0.15, 0.2) is 0 Å². The Balaban J connectivity index is 2.54. The average molecular weight is 406 g/mol. The SMILES string of the molecule is CCCNCCNS(=O)(=O)c1cc(Br)sc1Br. The van der Waals surface area contributed by atoms with Crippen molar-refractivity contribution in [1.82, 2.24) is 10.0 Å². The topological polar surface area (TPSA) is 58.2 Å². The van der Waals surface area contributed by atoms with E-state index < -0.39 is 10.0 Å². The fraction of sp³-hybridized carbons (Fsp3) is 0.556. The van der Waals surface area contributed by atoms with Crippen LogP contribution in [0.1, 0.15) is 13.3 Å². The maximum Gasteiger partial charge on any atom is 0.242 e. The lowest BCUT2D eigenvalue weighted by molar-refractivity contribution is 0.575. The van der Waals surface area contributed by atoms with E-state index in [0.717, 1.165) is 16.8 Å². The van der Waals surface area contributed by atoms with Crippen LogP contribution < -0.4 is 10.0 Å². The minimum absolute atomic E-state index is 0.282. The smallest absolute Gasteiger partial charge is 0.242 e. The molecular weight excluding hydrogens is 392 g/mol. The summed E-state index contributed by atoms with van der Waals surface area (Å²) in [6.07, 6.45) is 1.04. The fourth-order valence-electron chi connectivity index (χ4n) is 1.16. The molecule has 0 aliphatic carbocycles. The van der Waals surface area contributed by atoms with Crippen molar-refractivity contribution in [2.45, 2.75) is 18.2 Å². The largest absolute Gasteiger partial charge is 0.315 e. The molecule has 4 nitrogen and oxygen atoms in total. The van der Waals surface area contributed by atoms with E-state index >= 15 is 0 Å². The van der Waals surface area contributed by atoms with Gasteiger partial charge in [-0.05, 0) is 50.9 Å². The predicted molar refractivity (Wildman–Crippen MR) is 78.1 cm³/mol. The Hall–Kier alpha value is 0.530. The molecular formula is C9H14Br2N2O2S2. The molecule has 17 heavy (non-hydrogen) atoms. The van der Waals surface area contributed by atoms with Crippen LogP contribution in [-0.2, 0) is 10.0 Å². The van der Waals surface area contributed by atoms with Crippen molar-refractivity contribution in [2.24, 2.45) is 0 Å². The van der Waals surface area contributed by atoms with Crippen molar-refractivity contribution in [3.05, 3.63) is 13.6 Å². The minimum Gasteiger partial charge on any atom is -0.315 e. The number of sulfonamides is 1. The van der Waals surface area contributed by atoms with Crippen molar-refractivity contribution in [1.29, 1.82) is 0 Å². The molecule has 0 bridgehead atoms. The van der Waals surface area contributed by atoms with E-state index in [9.17, 15) is 8.42 Å². The van der Waals surface area contributed by atoms with Crippen LogP contribution in [0.25, 0.3) is 0 Å². The summed E-state index contributed by atoms with van der Waals surface area (Å²) >= 11 is 7.84. The second-order valence-electron chi connectivity index (χ2n) is 3.34. The summed E-state index contributed by atoms with van der Waals surface area (Å²) in [6.45, 7) is 3.99. The Morgan fingerprint density at radius 1 is 1.29 bits per heavy atom. The molecule has 0 saturated heterocycles. The molecule has 0 atom stereocenters. The first-order chi connectivity index (χ1) is 7.97. The van der Waals surface area contributed by atoms with Crippen LogP contribution in [0.5, 0.6) is 0 Å². The molecule has 0 fully saturated rings. The van der Waals surface area contributed by atoms with Gasteiger partial charge in [-0.15, -0.1) is 11.3 Å². The average Bonchev–Trinajstić information content (AvgIpc) is 2.58. The molecule has 1 aromatic rings. The van der Waals surface area contributed by atoms with Gasteiger partial charge in [0.1, 0.15) is 4.90 Å². The minimum atomic E-state index is -3.41. The molecule has 0 spiro atoms. The van der Waals surface area contributed by atoms with Crippen LogP contribution in [0.2, 0.25) is 0 Å². The Kier molecular flexibility index (Phi) is 6.60. The zero-order chi connectivity index (χ0) is 12.9. The lowest BCUT2D eigenvalue weighted by Gasteiger charge is -2.06. The fourth-order valence-corrected chi connectivity index (χ4v) is 6.00. The lowest BCUT2D eigenvalue weighted by atomic mass is 10.5. The van der Waals surface area contributed by atoms with E-state index in [-0.39, 0.29) is 4.90 Å². The quantitative estimate of drug-likeness (QED) is 0.685. The third-order valence-electron chi connectivity index (χ3n) is 1.94. The third kappa shape index (κ3) is 4.96. The molecule has 1 aromatic heterocycles. The molecule has 0 aliphatic rings. The van der Waals surface area contributed by atoms with Crippen LogP contribution >= 0.6 is 43.2 Å². The number of rotatable bonds is 7. The van der Waals surface area contributed by atoms with Gasteiger partial charge in [-0.25, -0.2) is 13.1 Å². The van der Waals surface area contributed by atoms with Gasteiger partial charge in [-0.3, -0.25) is 0 Å². The monoisotopic (exact) mass is 404 g/mol. The van der Waals surface area contributed by atoms with Gasteiger partial charge in [0.05, 0.1) is 7.57 Å². The number of hydrogen-bond donors (Lipinski definition) is 2. The van der Waals surface area contributed by atoms with Crippen molar-refractivity contribution in [3.63, 3.8) is 0 Å². The third-order valence-corrected chi connectivity index (χ3v) is 6.15. The van der Waals surface area contributed by atoms with E-state index in [1.165, 1.54) is 11.3 Å². The highest BCUT2D eigenvalue weighted by molar-refractivity contribution is 9.12. The highest BCUT2D eigenvalue weighted by Crippen LogP contribution is 2.34. The number of thiophene rings is 1. The maximum absolute atomic E-state index is 11.9.